The lowest BCUT2D eigenvalue weighted by atomic mass is 9.92. The van der Waals surface area contributed by atoms with Crippen LogP contribution in [0.4, 0.5) is 4.79 Å². The lowest BCUT2D eigenvalue weighted by Gasteiger charge is -2.44. The van der Waals surface area contributed by atoms with Crippen LogP contribution in [0.3, 0.4) is 0 Å². The van der Waals surface area contributed by atoms with Gasteiger partial charge in [0.25, 0.3) is 0 Å². The van der Waals surface area contributed by atoms with Crippen molar-refractivity contribution >= 4 is 17.9 Å². The topological polar surface area (TPSA) is 128 Å². The van der Waals surface area contributed by atoms with Gasteiger partial charge in [0.05, 0.1) is 6.61 Å². The zero-order chi connectivity index (χ0) is 25.6. The average molecular weight is 466 g/mol. The number of phenolic OH excluding ortho intramolecular Hbond substituents is 1. The molecule has 2 atom stereocenters. The molecule has 0 aliphatic carbocycles. The molecule has 1 aromatic rings. The van der Waals surface area contributed by atoms with Gasteiger partial charge in [-0.15, -0.1) is 0 Å². The fourth-order valence-corrected chi connectivity index (χ4v) is 3.19. The second-order valence-electron chi connectivity index (χ2n) is 9.91. The van der Waals surface area contributed by atoms with Crippen molar-refractivity contribution < 1.29 is 29.3 Å². The van der Waals surface area contributed by atoms with Gasteiger partial charge in [0.2, 0.25) is 11.8 Å². The molecule has 0 radical (unpaired) electrons. The quantitative estimate of drug-likeness (QED) is 0.444. The normalized spacial score (nSPS) is 13.8. The first-order chi connectivity index (χ1) is 15.1. The SMILES string of the molecule is CCC(C)(C)N(C(=O)C(CO)NC(=O)OC(C)(C)C)C(C(=O)NC(C)C)c1ccc(O)cc1. The molecule has 0 saturated carbocycles. The zero-order valence-corrected chi connectivity index (χ0v) is 20.9. The van der Waals surface area contributed by atoms with Crippen LogP contribution in [0.2, 0.25) is 0 Å². The van der Waals surface area contributed by atoms with Crippen molar-refractivity contribution in [1.82, 2.24) is 15.5 Å². The van der Waals surface area contributed by atoms with Gasteiger partial charge >= 0.3 is 6.09 Å². The number of hydrogen-bond donors (Lipinski definition) is 4. The highest BCUT2D eigenvalue weighted by molar-refractivity contribution is 5.92. The Morgan fingerprint density at radius 2 is 1.58 bits per heavy atom. The first-order valence-corrected chi connectivity index (χ1v) is 11.2. The van der Waals surface area contributed by atoms with Crippen molar-refractivity contribution in [3.63, 3.8) is 0 Å². The van der Waals surface area contributed by atoms with E-state index in [1.54, 1.807) is 32.9 Å². The highest BCUT2D eigenvalue weighted by Crippen LogP contribution is 2.33. The van der Waals surface area contributed by atoms with Gasteiger partial charge in [-0.3, -0.25) is 9.59 Å². The van der Waals surface area contributed by atoms with E-state index in [0.29, 0.717) is 12.0 Å². The molecule has 9 nitrogen and oxygen atoms in total. The van der Waals surface area contributed by atoms with E-state index in [9.17, 15) is 24.6 Å². The number of hydrogen-bond acceptors (Lipinski definition) is 6. The van der Waals surface area contributed by atoms with E-state index in [1.165, 1.54) is 17.0 Å². The van der Waals surface area contributed by atoms with E-state index in [-0.39, 0.29) is 11.8 Å². The van der Waals surface area contributed by atoms with Crippen molar-refractivity contribution in [3.05, 3.63) is 29.8 Å². The van der Waals surface area contributed by atoms with Crippen LogP contribution in [0, 0.1) is 0 Å². The number of phenols is 1. The second kappa shape index (κ2) is 11.4. The van der Waals surface area contributed by atoms with Gasteiger partial charge in [0.15, 0.2) is 0 Å². The Balaban J connectivity index is 3.51. The Bertz CT molecular complexity index is 814. The first kappa shape index (κ1) is 28.2. The highest BCUT2D eigenvalue weighted by Gasteiger charge is 2.43. The lowest BCUT2D eigenvalue weighted by molar-refractivity contribution is -0.150. The van der Waals surface area contributed by atoms with E-state index in [2.05, 4.69) is 10.6 Å². The zero-order valence-electron chi connectivity index (χ0n) is 20.9. The summed E-state index contributed by atoms with van der Waals surface area (Å²) in [6.45, 7) is 13.5. The standard InChI is InChI=1S/C24H39N3O6/c1-9-24(7,8)27(21(31)18(14-28)26-22(32)33-23(4,5)6)19(20(30)25-15(2)3)16-10-12-17(29)13-11-16/h10-13,15,18-19,28-29H,9,14H2,1-8H3,(H,25,30)(H,26,32). The third-order valence-electron chi connectivity index (χ3n) is 5.07. The molecule has 4 N–H and O–H groups in total. The molecule has 186 valence electrons. The summed E-state index contributed by atoms with van der Waals surface area (Å²) in [5.74, 6) is -1.03. The van der Waals surface area contributed by atoms with Crippen LogP contribution in [-0.2, 0) is 14.3 Å². The number of nitrogens with zero attached hydrogens (tertiary/aromatic N) is 1. The minimum atomic E-state index is -1.32. The Labute approximate surface area is 196 Å². The number of alkyl carbamates (subject to hydrolysis) is 1. The van der Waals surface area contributed by atoms with E-state index in [4.69, 9.17) is 4.74 Å². The van der Waals surface area contributed by atoms with Crippen LogP contribution >= 0.6 is 0 Å². The molecule has 0 bridgehead atoms. The number of rotatable bonds is 9. The monoisotopic (exact) mass is 465 g/mol. The maximum absolute atomic E-state index is 13.7. The molecule has 1 rings (SSSR count). The van der Waals surface area contributed by atoms with Crippen LogP contribution in [0.25, 0.3) is 0 Å². The summed E-state index contributed by atoms with van der Waals surface area (Å²) in [6.07, 6.45) is -0.357. The van der Waals surface area contributed by atoms with Gasteiger partial charge in [-0.05, 0) is 72.6 Å². The molecule has 0 fully saturated rings. The van der Waals surface area contributed by atoms with E-state index < -0.39 is 47.7 Å². The maximum Gasteiger partial charge on any atom is 0.408 e. The summed E-state index contributed by atoms with van der Waals surface area (Å²) < 4.78 is 5.23. The van der Waals surface area contributed by atoms with Gasteiger partial charge in [-0.2, -0.15) is 0 Å². The van der Waals surface area contributed by atoms with Crippen LogP contribution < -0.4 is 10.6 Å². The van der Waals surface area contributed by atoms with Crippen LogP contribution in [0.1, 0.15) is 73.4 Å². The number of amides is 3. The fourth-order valence-electron chi connectivity index (χ4n) is 3.19. The smallest absolute Gasteiger partial charge is 0.408 e. The highest BCUT2D eigenvalue weighted by atomic mass is 16.6. The van der Waals surface area contributed by atoms with Gasteiger partial charge in [-0.25, -0.2) is 4.79 Å². The minimum absolute atomic E-state index is 0.0224. The number of aliphatic hydroxyl groups excluding tert-OH is 1. The third kappa shape index (κ3) is 8.24. The van der Waals surface area contributed by atoms with Crippen molar-refractivity contribution in [2.45, 2.75) is 91.1 Å². The predicted molar refractivity (Wildman–Crippen MR) is 126 cm³/mol. The summed E-state index contributed by atoms with van der Waals surface area (Å²) in [4.78, 5) is 40.7. The Morgan fingerprint density at radius 1 is 1.03 bits per heavy atom. The Morgan fingerprint density at radius 3 is 2.00 bits per heavy atom. The molecule has 0 aliphatic heterocycles. The van der Waals surface area contributed by atoms with E-state index in [1.807, 2.05) is 34.6 Å². The number of nitrogens with one attached hydrogen (secondary N) is 2. The van der Waals surface area contributed by atoms with Gasteiger partial charge in [-0.1, -0.05) is 19.1 Å². The van der Waals surface area contributed by atoms with E-state index in [0.717, 1.165) is 0 Å². The Kier molecular flexibility index (Phi) is 9.71. The minimum Gasteiger partial charge on any atom is -0.508 e. The molecular weight excluding hydrogens is 426 g/mol. The number of carbonyl (C=O) groups excluding carboxylic acids is 3. The maximum atomic E-state index is 13.7. The van der Waals surface area contributed by atoms with Crippen molar-refractivity contribution in [1.29, 1.82) is 0 Å². The van der Waals surface area contributed by atoms with Crippen molar-refractivity contribution in [2.75, 3.05) is 6.61 Å². The average Bonchev–Trinajstić information content (AvgIpc) is 2.68. The summed E-state index contributed by atoms with van der Waals surface area (Å²) >= 11 is 0. The summed E-state index contributed by atoms with van der Waals surface area (Å²) in [6, 6.07) is 3.45. The summed E-state index contributed by atoms with van der Waals surface area (Å²) in [5, 5.41) is 24.9. The predicted octanol–water partition coefficient (Wildman–Crippen LogP) is 2.86. The second-order valence-corrected chi connectivity index (χ2v) is 9.91. The molecule has 9 heteroatoms. The van der Waals surface area contributed by atoms with Gasteiger partial charge in [0.1, 0.15) is 23.4 Å². The van der Waals surface area contributed by atoms with E-state index >= 15 is 0 Å². The number of benzene rings is 1. The van der Waals surface area contributed by atoms with Crippen molar-refractivity contribution in [3.8, 4) is 5.75 Å². The van der Waals surface area contributed by atoms with Crippen molar-refractivity contribution in [2.24, 2.45) is 0 Å². The number of carbonyl (C=O) groups is 3. The third-order valence-corrected chi connectivity index (χ3v) is 5.07. The van der Waals surface area contributed by atoms with Gasteiger partial charge < -0.3 is 30.5 Å². The van der Waals surface area contributed by atoms with Crippen LogP contribution in [-0.4, -0.2) is 62.9 Å². The molecule has 0 spiro atoms. The molecule has 0 aromatic heterocycles. The molecule has 2 unspecified atom stereocenters. The number of aliphatic hydroxyl groups is 1. The molecular formula is C24H39N3O6. The first-order valence-electron chi connectivity index (χ1n) is 11.2. The molecule has 0 saturated heterocycles. The van der Waals surface area contributed by atoms with Crippen LogP contribution in [0.15, 0.2) is 24.3 Å². The molecule has 1 aromatic carbocycles. The lowest BCUT2D eigenvalue weighted by Crippen LogP contribution is -2.60. The molecule has 3 amide bonds. The number of aromatic hydroxyl groups is 1. The molecule has 33 heavy (non-hydrogen) atoms. The number of ether oxygens (including phenoxy) is 1. The summed E-state index contributed by atoms with van der Waals surface area (Å²) in [5.41, 5.74) is -1.13. The largest absolute Gasteiger partial charge is 0.508 e. The molecule has 0 heterocycles. The van der Waals surface area contributed by atoms with Gasteiger partial charge in [0, 0.05) is 11.6 Å². The Hall–Kier alpha value is -2.81. The molecule has 0 aliphatic rings. The summed E-state index contributed by atoms with van der Waals surface area (Å²) in [7, 11) is 0. The fraction of sp³-hybridized carbons (Fsp3) is 0.625. The van der Waals surface area contributed by atoms with Crippen LogP contribution in [0.5, 0.6) is 5.75 Å².